The first-order valence-corrected chi connectivity index (χ1v) is 3.47. The van der Waals surface area contributed by atoms with E-state index in [9.17, 15) is 4.79 Å². The third-order valence-corrected chi connectivity index (χ3v) is 1.51. The van der Waals surface area contributed by atoms with Crippen molar-refractivity contribution < 1.29 is 35.4 Å². The molecular weight excluding hydrogens is 198 g/mol. The predicted molar refractivity (Wildman–Crippen MR) is 43.8 cm³/mol. The SMILES string of the molecule is N.O=C(O)[C@@H](O)[C@H](O)[C@@H](O)[C@@H](O)CO. The molecule has 0 saturated carbocycles. The van der Waals surface area contributed by atoms with Crippen molar-refractivity contribution in [3.8, 4) is 0 Å². The molecule has 4 atom stereocenters. The van der Waals surface area contributed by atoms with Gasteiger partial charge in [-0.1, -0.05) is 0 Å². The van der Waals surface area contributed by atoms with E-state index in [1.54, 1.807) is 0 Å². The van der Waals surface area contributed by atoms with Crippen LogP contribution in [0, 0.1) is 0 Å². The Hall–Kier alpha value is -0.770. The van der Waals surface area contributed by atoms with E-state index < -0.39 is 37.0 Å². The van der Waals surface area contributed by atoms with Crippen LogP contribution in [0.15, 0.2) is 0 Å². The maximum Gasteiger partial charge on any atom is 0.335 e. The van der Waals surface area contributed by atoms with E-state index in [2.05, 4.69) is 0 Å². The van der Waals surface area contributed by atoms with Crippen LogP contribution in [0.4, 0.5) is 0 Å². The van der Waals surface area contributed by atoms with Gasteiger partial charge in [-0.2, -0.15) is 0 Å². The van der Waals surface area contributed by atoms with Crippen LogP contribution < -0.4 is 6.15 Å². The lowest BCUT2D eigenvalue weighted by atomic mass is 10.0. The van der Waals surface area contributed by atoms with Crippen molar-refractivity contribution >= 4 is 5.97 Å². The fourth-order valence-corrected chi connectivity index (χ4v) is 0.668. The number of rotatable bonds is 5. The first-order valence-electron chi connectivity index (χ1n) is 3.47. The second kappa shape index (κ2) is 6.65. The van der Waals surface area contributed by atoms with E-state index in [-0.39, 0.29) is 6.15 Å². The largest absolute Gasteiger partial charge is 0.479 e. The van der Waals surface area contributed by atoms with E-state index >= 15 is 0 Å². The van der Waals surface area contributed by atoms with Crippen molar-refractivity contribution in [2.24, 2.45) is 0 Å². The maximum absolute atomic E-state index is 10.1. The number of aliphatic carboxylic acids is 1. The Morgan fingerprint density at radius 1 is 1.07 bits per heavy atom. The van der Waals surface area contributed by atoms with Crippen molar-refractivity contribution in [2.75, 3.05) is 6.61 Å². The minimum absolute atomic E-state index is 0. The third-order valence-electron chi connectivity index (χ3n) is 1.51. The van der Waals surface area contributed by atoms with Crippen LogP contribution in [-0.4, -0.2) is 67.6 Å². The van der Waals surface area contributed by atoms with Crippen LogP contribution in [-0.2, 0) is 4.79 Å². The van der Waals surface area contributed by atoms with Crippen molar-refractivity contribution in [3.63, 3.8) is 0 Å². The highest BCUT2D eigenvalue weighted by Gasteiger charge is 2.33. The summed E-state index contributed by atoms with van der Waals surface area (Å²) >= 11 is 0. The maximum atomic E-state index is 10.1. The van der Waals surface area contributed by atoms with Crippen molar-refractivity contribution in [1.29, 1.82) is 0 Å². The monoisotopic (exact) mass is 213 g/mol. The lowest BCUT2D eigenvalue weighted by Gasteiger charge is -2.23. The van der Waals surface area contributed by atoms with Gasteiger partial charge >= 0.3 is 5.97 Å². The number of carboxylic acid groups (broad SMARTS) is 1. The molecular formula is C6H15NO7. The van der Waals surface area contributed by atoms with Gasteiger partial charge in [0.1, 0.15) is 18.3 Å². The molecule has 0 spiro atoms. The predicted octanol–water partition coefficient (Wildman–Crippen LogP) is -3.33. The molecule has 0 aromatic heterocycles. The zero-order chi connectivity index (χ0) is 10.6. The second-order valence-electron chi connectivity index (χ2n) is 2.51. The van der Waals surface area contributed by atoms with Gasteiger partial charge in [-0.3, -0.25) is 0 Å². The van der Waals surface area contributed by atoms with Gasteiger partial charge in [0.25, 0.3) is 0 Å². The lowest BCUT2D eigenvalue weighted by molar-refractivity contribution is -0.164. The summed E-state index contributed by atoms with van der Waals surface area (Å²) in [4.78, 5) is 10.1. The summed E-state index contributed by atoms with van der Waals surface area (Å²) in [6.45, 7) is -0.843. The number of aliphatic hydroxyl groups is 5. The van der Waals surface area contributed by atoms with Gasteiger partial charge in [0, 0.05) is 0 Å². The summed E-state index contributed by atoms with van der Waals surface area (Å²) in [5, 5.41) is 51.8. The van der Waals surface area contributed by atoms with Crippen LogP contribution in [0.25, 0.3) is 0 Å². The molecule has 9 N–H and O–H groups in total. The fraction of sp³-hybridized carbons (Fsp3) is 0.833. The normalized spacial score (nSPS) is 18.9. The van der Waals surface area contributed by atoms with Crippen LogP contribution in [0.1, 0.15) is 0 Å². The van der Waals surface area contributed by atoms with Gasteiger partial charge in [0.05, 0.1) is 6.61 Å². The standard InChI is InChI=1S/C6H12O7.H3N/c7-1-2(8)3(9)4(10)5(11)6(12)13;/h2-5,7-11H,1H2,(H,12,13);1H3/t2-,3-,4+,5-;/m0./s1. The van der Waals surface area contributed by atoms with Crippen molar-refractivity contribution in [3.05, 3.63) is 0 Å². The highest BCUT2D eigenvalue weighted by atomic mass is 16.4. The first-order chi connectivity index (χ1) is 5.91. The number of aliphatic hydroxyl groups excluding tert-OH is 5. The number of carbonyl (C=O) groups is 1. The summed E-state index contributed by atoms with van der Waals surface area (Å²) in [6.07, 6.45) is -7.84. The molecule has 0 aromatic carbocycles. The Morgan fingerprint density at radius 3 is 1.79 bits per heavy atom. The van der Waals surface area contributed by atoms with Gasteiger partial charge in [0.2, 0.25) is 0 Å². The van der Waals surface area contributed by atoms with Gasteiger partial charge in [-0.15, -0.1) is 0 Å². The van der Waals surface area contributed by atoms with Gasteiger partial charge in [0.15, 0.2) is 6.10 Å². The van der Waals surface area contributed by atoms with E-state index in [4.69, 9.17) is 30.6 Å². The minimum Gasteiger partial charge on any atom is -0.479 e. The van der Waals surface area contributed by atoms with Crippen LogP contribution in [0.5, 0.6) is 0 Å². The molecule has 0 heterocycles. The zero-order valence-electron chi connectivity index (χ0n) is 7.32. The number of hydrogen-bond donors (Lipinski definition) is 7. The molecule has 0 aliphatic rings. The molecule has 8 nitrogen and oxygen atoms in total. The topological polar surface area (TPSA) is 173 Å². The third kappa shape index (κ3) is 3.96. The van der Waals surface area contributed by atoms with Crippen LogP contribution >= 0.6 is 0 Å². The highest BCUT2D eigenvalue weighted by Crippen LogP contribution is 2.04. The average Bonchev–Trinajstić information content (AvgIpc) is 2.12. The quantitative estimate of drug-likeness (QED) is 0.248. The Balaban J connectivity index is 0. The molecule has 0 unspecified atom stereocenters. The Labute approximate surface area is 79.6 Å². The number of carboxylic acids is 1. The second-order valence-corrected chi connectivity index (χ2v) is 2.51. The molecule has 0 fully saturated rings. The van der Waals surface area contributed by atoms with Crippen molar-refractivity contribution in [1.82, 2.24) is 6.15 Å². The van der Waals surface area contributed by atoms with E-state index in [1.807, 2.05) is 0 Å². The molecule has 0 aliphatic heterocycles. The van der Waals surface area contributed by atoms with Crippen LogP contribution in [0.2, 0.25) is 0 Å². The highest BCUT2D eigenvalue weighted by molar-refractivity contribution is 5.72. The molecule has 0 amide bonds. The molecule has 14 heavy (non-hydrogen) atoms. The minimum atomic E-state index is -2.20. The van der Waals surface area contributed by atoms with E-state index in [1.165, 1.54) is 0 Å². The lowest BCUT2D eigenvalue weighted by Crippen LogP contribution is -2.48. The zero-order valence-corrected chi connectivity index (χ0v) is 7.32. The average molecular weight is 213 g/mol. The van der Waals surface area contributed by atoms with Crippen molar-refractivity contribution in [2.45, 2.75) is 24.4 Å². The Morgan fingerprint density at radius 2 is 1.50 bits per heavy atom. The molecule has 0 aliphatic carbocycles. The summed E-state index contributed by atoms with van der Waals surface area (Å²) in [6, 6.07) is 0. The molecule has 0 aromatic rings. The Kier molecular flexibility index (Phi) is 7.45. The number of hydrogen-bond acceptors (Lipinski definition) is 7. The fourth-order valence-electron chi connectivity index (χ4n) is 0.668. The van der Waals surface area contributed by atoms with Gasteiger partial charge < -0.3 is 36.8 Å². The summed E-state index contributed by atoms with van der Waals surface area (Å²) in [5.74, 6) is -1.73. The van der Waals surface area contributed by atoms with Crippen LogP contribution in [0.3, 0.4) is 0 Å². The molecule has 0 saturated heterocycles. The molecule has 0 radical (unpaired) electrons. The molecule has 0 rings (SSSR count). The van der Waals surface area contributed by atoms with Gasteiger partial charge in [-0.25, -0.2) is 4.79 Å². The first kappa shape index (κ1) is 15.7. The van der Waals surface area contributed by atoms with E-state index in [0.29, 0.717) is 0 Å². The summed E-state index contributed by atoms with van der Waals surface area (Å²) in [5.41, 5.74) is 0. The molecule has 8 heteroatoms. The summed E-state index contributed by atoms with van der Waals surface area (Å²) in [7, 11) is 0. The van der Waals surface area contributed by atoms with Gasteiger partial charge in [-0.05, 0) is 0 Å². The summed E-state index contributed by atoms with van der Waals surface area (Å²) < 4.78 is 0. The molecule has 0 bridgehead atoms. The molecule has 86 valence electrons. The smallest absolute Gasteiger partial charge is 0.335 e. The van der Waals surface area contributed by atoms with E-state index in [0.717, 1.165) is 0 Å². The Bertz CT molecular complexity index is 176.